The summed E-state index contributed by atoms with van der Waals surface area (Å²) in [4.78, 5) is 1.08. The van der Waals surface area contributed by atoms with Crippen LogP contribution in [-0.2, 0) is 10.0 Å². The highest BCUT2D eigenvalue weighted by Crippen LogP contribution is 2.30. The van der Waals surface area contributed by atoms with Crippen molar-refractivity contribution in [2.75, 3.05) is 7.11 Å². The molecular weight excluding hydrogens is 374 g/mol. The highest BCUT2D eigenvalue weighted by Gasteiger charge is 2.22. The van der Waals surface area contributed by atoms with Gasteiger partial charge in [-0.3, -0.25) is 0 Å². The summed E-state index contributed by atoms with van der Waals surface area (Å²) in [6.07, 6.45) is 0. The summed E-state index contributed by atoms with van der Waals surface area (Å²) in [7, 11) is -1.94. The van der Waals surface area contributed by atoms with Gasteiger partial charge >= 0.3 is 0 Å². The third-order valence-electron chi connectivity index (χ3n) is 3.08. The van der Waals surface area contributed by atoms with Crippen molar-refractivity contribution in [2.45, 2.75) is 24.8 Å². The quantitative estimate of drug-likeness (QED) is 0.844. The molecule has 4 nitrogen and oxygen atoms in total. The van der Waals surface area contributed by atoms with E-state index in [1.165, 1.54) is 11.3 Å². The van der Waals surface area contributed by atoms with Crippen LogP contribution in [0.1, 0.15) is 23.4 Å². The van der Waals surface area contributed by atoms with Gasteiger partial charge in [-0.15, -0.1) is 11.3 Å². The lowest BCUT2D eigenvalue weighted by Gasteiger charge is -2.15. The number of aryl methyl sites for hydroxylation is 1. The highest BCUT2D eigenvalue weighted by molar-refractivity contribution is 9.11. The van der Waals surface area contributed by atoms with Crippen molar-refractivity contribution >= 4 is 37.3 Å². The Bertz CT molecular complexity index is 723. The number of halogens is 1. The number of hydrogen-bond donors (Lipinski definition) is 1. The zero-order valence-corrected chi connectivity index (χ0v) is 15.1. The molecule has 0 aliphatic rings. The van der Waals surface area contributed by atoms with Crippen molar-refractivity contribution in [3.63, 3.8) is 0 Å². The largest absolute Gasteiger partial charge is 0.497 e. The van der Waals surface area contributed by atoms with Crippen LogP contribution in [0, 0.1) is 6.92 Å². The van der Waals surface area contributed by atoms with Gasteiger partial charge in [0.1, 0.15) is 5.75 Å². The van der Waals surface area contributed by atoms with Crippen LogP contribution in [0.5, 0.6) is 5.75 Å². The molecule has 21 heavy (non-hydrogen) atoms. The summed E-state index contributed by atoms with van der Waals surface area (Å²) in [6, 6.07) is 8.63. The van der Waals surface area contributed by atoms with E-state index < -0.39 is 10.0 Å². The first-order chi connectivity index (χ1) is 9.83. The maximum Gasteiger partial charge on any atom is 0.242 e. The van der Waals surface area contributed by atoms with E-state index in [0.717, 1.165) is 20.0 Å². The zero-order valence-electron chi connectivity index (χ0n) is 11.9. The topological polar surface area (TPSA) is 55.4 Å². The lowest BCUT2D eigenvalue weighted by molar-refractivity contribution is 0.414. The molecule has 2 rings (SSSR count). The van der Waals surface area contributed by atoms with E-state index in [1.807, 2.05) is 31.2 Å². The van der Waals surface area contributed by atoms with Gasteiger partial charge in [-0.2, -0.15) is 0 Å². The number of hydrogen-bond acceptors (Lipinski definition) is 4. The third-order valence-corrected chi connectivity index (χ3v) is 6.43. The van der Waals surface area contributed by atoms with Crippen molar-refractivity contribution in [2.24, 2.45) is 0 Å². The fourth-order valence-electron chi connectivity index (χ4n) is 1.95. The molecule has 1 heterocycles. The molecule has 0 radical (unpaired) electrons. The molecular formula is C14H16BrNO3S2. The van der Waals surface area contributed by atoms with Crippen molar-refractivity contribution in [3.8, 4) is 5.75 Å². The second-order valence-electron chi connectivity index (χ2n) is 4.59. The molecule has 1 aromatic carbocycles. The molecule has 0 saturated carbocycles. The van der Waals surface area contributed by atoms with E-state index in [1.54, 1.807) is 20.1 Å². The van der Waals surface area contributed by atoms with Gasteiger partial charge in [0, 0.05) is 10.9 Å². The Morgan fingerprint density at radius 1 is 1.29 bits per heavy atom. The Kier molecular flexibility index (Phi) is 5.08. The minimum atomic E-state index is -3.53. The van der Waals surface area contributed by atoms with Crippen LogP contribution in [0.15, 0.2) is 39.0 Å². The van der Waals surface area contributed by atoms with Crippen LogP contribution in [0.4, 0.5) is 0 Å². The lowest BCUT2D eigenvalue weighted by Crippen LogP contribution is -2.27. The smallest absolute Gasteiger partial charge is 0.242 e. The minimum absolute atomic E-state index is 0.319. The summed E-state index contributed by atoms with van der Waals surface area (Å²) < 4.78 is 33.4. The summed E-state index contributed by atoms with van der Waals surface area (Å²) >= 11 is 4.72. The van der Waals surface area contributed by atoms with E-state index in [9.17, 15) is 8.42 Å². The molecule has 0 spiro atoms. The van der Waals surface area contributed by atoms with Gasteiger partial charge in [-0.25, -0.2) is 13.1 Å². The first-order valence-corrected chi connectivity index (χ1v) is 9.35. The van der Waals surface area contributed by atoms with Crippen LogP contribution < -0.4 is 9.46 Å². The number of benzene rings is 1. The Hall–Kier alpha value is -0.890. The molecule has 0 bridgehead atoms. The Morgan fingerprint density at radius 2 is 1.90 bits per heavy atom. The summed E-state index contributed by atoms with van der Waals surface area (Å²) in [5, 5.41) is 0. The number of thiophene rings is 1. The van der Waals surface area contributed by atoms with Crippen molar-refractivity contribution < 1.29 is 13.2 Å². The molecule has 0 aliphatic carbocycles. The van der Waals surface area contributed by atoms with Crippen LogP contribution in [0.25, 0.3) is 0 Å². The first-order valence-electron chi connectivity index (χ1n) is 6.25. The zero-order chi connectivity index (χ0) is 15.6. The molecule has 0 amide bonds. The van der Waals surface area contributed by atoms with E-state index in [2.05, 4.69) is 20.7 Å². The Morgan fingerprint density at radius 3 is 2.38 bits per heavy atom. The number of nitrogens with one attached hydrogen (secondary N) is 1. The van der Waals surface area contributed by atoms with Gasteiger partial charge in [-0.05, 0) is 53.5 Å². The van der Waals surface area contributed by atoms with Crippen molar-refractivity contribution in [3.05, 3.63) is 44.6 Å². The van der Waals surface area contributed by atoms with Gasteiger partial charge < -0.3 is 4.74 Å². The molecule has 2 aromatic rings. The second kappa shape index (κ2) is 6.48. The summed E-state index contributed by atoms with van der Waals surface area (Å²) in [5.74, 6) is 0.742. The maximum atomic E-state index is 12.4. The van der Waals surface area contributed by atoms with E-state index >= 15 is 0 Å². The molecule has 7 heteroatoms. The predicted molar refractivity (Wildman–Crippen MR) is 88.5 cm³/mol. The molecule has 1 atom stereocenters. The average Bonchev–Trinajstić information content (AvgIpc) is 2.78. The molecule has 0 saturated heterocycles. The van der Waals surface area contributed by atoms with E-state index in [0.29, 0.717) is 4.90 Å². The van der Waals surface area contributed by atoms with Crippen LogP contribution in [-0.4, -0.2) is 15.5 Å². The number of sulfonamides is 1. The summed E-state index contributed by atoms with van der Waals surface area (Å²) in [5.41, 5.74) is 0.881. The molecule has 1 aromatic heterocycles. The molecule has 1 unspecified atom stereocenters. The minimum Gasteiger partial charge on any atom is -0.497 e. The Balaban J connectivity index is 2.21. The Labute approximate surface area is 137 Å². The van der Waals surface area contributed by atoms with E-state index in [-0.39, 0.29) is 6.04 Å². The highest BCUT2D eigenvalue weighted by atomic mass is 79.9. The molecule has 0 aliphatic heterocycles. The fourth-order valence-corrected chi connectivity index (χ4v) is 5.60. The number of ether oxygens (including phenoxy) is 1. The molecule has 1 N–H and O–H groups in total. The number of methoxy groups -OCH3 is 1. The third kappa shape index (κ3) is 3.85. The lowest BCUT2D eigenvalue weighted by atomic mass is 10.1. The van der Waals surface area contributed by atoms with Gasteiger partial charge in [0.25, 0.3) is 0 Å². The average molecular weight is 390 g/mol. The van der Waals surface area contributed by atoms with Crippen LogP contribution >= 0.6 is 27.3 Å². The maximum absolute atomic E-state index is 12.4. The van der Waals surface area contributed by atoms with Crippen molar-refractivity contribution in [1.82, 2.24) is 4.72 Å². The van der Waals surface area contributed by atoms with Crippen molar-refractivity contribution in [1.29, 1.82) is 0 Å². The first kappa shape index (κ1) is 16.5. The van der Waals surface area contributed by atoms with Crippen LogP contribution in [0.3, 0.4) is 0 Å². The van der Waals surface area contributed by atoms with Gasteiger partial charge in [0.05, 0.1) is 15.8 Å². The van der Waals surface area contributed by atoms with E-state index in [4.69, 9.17) is 4.74 Å². The number of rotatable bonds is 5. The monoisotopic (exact) mass is 389 g/mol. The normalized spacial score (nSPS) is 13.1. The van der Waals surface area contributed by atoms with Crippen LogP contribution in [0.2, 0.25) is 0 Å². The fraction of sp³-hybridized carbons (Fsp3) is 0.286. The SMILES string of the molecule is COc1ccc(C(C)NS(=O)(=O)c2cc(Br)sc2C)cc1. The predicted octanol–water partition coefficient (Wildman–Crippen LogP) is 3.87. The standard InChI is InChI=1S/C14H16BrNO3S2/c1-9(11-4-6-12(19-3)7-5-11)16-21(17,18)13-8-14(15)20-10(13)2/h4-9,16H,1-3H3. The van der Waals surface area contributed by atoms with Gasteiger partial charge in [0.15, 0.2) is 0 Å². The van der Waals surface area contributed by atoms with Gasteiger partial charge in [0.2, 0.25) is 10.0 Å². The second-order valence-corrected chi connectivity index (χ2v) is 8.91. The summed E-state index contributed by atoms with van der Waals surface area (Å²) in [6.45, 7) is 3.61. The molecule has 0 fully saturated rings. The molecule has 114 valence electrons. The van der Waals surface area contributed by atoms with Gasteiger partial charge in [-0.1, -0.05) is 12.1 Å².